The molecule has 3 rings (SSSR count). The molecule has 32 heavy (non-hydrogen) atoms. The van der Waals surface area contributed by atoms with Gasteiger partial charge in [-0.25, -0.2) is 0 Å². The van der Waals surface area contributed by atoms with Crippen LogP contribution in [0, 0.1) is 6.92 Å². The number of amides is 3. The molecule has 1 aliphatic heterocycles. The van der Waals surface area contributed by atoms with Crippen LogP contribution >= 0.6 is 11.8 Å². The van der Waals surface area contributed by atoms with Crippen molar-refractivity contribution in [2.45, 2.75) is 13.8 Å². The first-order valence-corrected chi connectivity index (χ1v) is 10.7. The zero-order valence-corrected chi connectivity index (χ0v) is 18.4. The predicted molar refractivity (Wildman–Crippen MR) is 121 cm³/mol. The van der Waals surface area contributed by atoms with Crippen LogP contribution in [0.25, 0.3) is 6.08 Å². The van der Waals surface area contributed by atoms with Gasteiger partial charge in [-0.05, 0) is 61.0 Å². The molecule has 8 nitrogen and oxygen atoms in total. The molecular formula is C23H22N2O6S. The number of carbonyl (C=O) groups is 4. The fourth-order valence-electron chi connectivity index (χ4n) is 2.83. The molecule has 0 radical (unpaired) electrons. The Kier molecular flexibility index (Phi) is 7.67. The van der Waals surface area contributed by atoms with Crippen LogP contribution < -0.4 is 10.1 Å². The van der Waals surface area contributed by atoms with Gasteiger partial charge in [-0.15, -0.1) is 0 Å². The Morgan fingerprint density at radius 1 is 1.09 bits per heavy atom. The SMILES string of the molecule is CCOC(=O)CN1C(=O)S/C(=C\c2ccc(OCC(=O)Nc3ccccc3C)cc2)C1=O. The van der Waals surface area contributed by atoms with Crippen molar-refractivity contribution in [3.05, 3.63) is 64.6 Å². The zero-order chi connectivity index (χ0) is 23.1. The van der Waals surface area contributed by atoms with Crippen molar-refractivity contribution in [3.63, 3.8) is 0 Å². The maximum absolute atomic E-state index is 12.4. The molecule has 1 heterocycles. The summed E-state index contributed by atoms with van der Waals surface area (Å²) in [6.45, 7) is 3.16. The van der Waals surface area contributed by atoms with E-state index in [9.17, 15) is 19.2 Å². The zero-order valence-electron chi connectivity index (χ0n) is 17.6. The molecule has 9 heteroatoms. The Labute approximate surface area is 189 Å². The van der Waals surface area contributed by atoms with Gasteiger partial charge in [0.2, 0.25) is 0 Å². The molecular weight excluding hydrogens is 432 g/mol. The van der Waals surface area contributed by atoms with Crippen LogP contribution in [0.5, 0.6) is 5.75 Å². The molecule has 0 spiro atoms. The number of aryl methyl sites for hydroxylation is 1. The van der Waals surface area contributed by atoms with Crippen LogP contribution in [-0.4, -0.2) is 47.7 Å². The molecule has 0 aliphatic carbocycles. The van der Waals surface area contributed by atoms with Crippen LogP contribution in [0.3, 0.4) is 0 Å². The Balaban J connectivity index is 1.56. The lowest BCUT2D eigenvalue weighted by Crippen LogP contribution is -2.34. The van der Waals surface area contributed by atoms with Crippen LogP contribution in [0.2, 0.25) is 0 Å². The van der Waals surface area contributed by atoms with E-state index < -0.39 is 23.7 Å². The predicted octanol–water partition coefficient (Wildman–Crippen LogP) is 3.61. The number of anilines is 1. The van der Waals surface area contributed by atoms with E-state index in [0.717, 1.165) is 27.9 Å². The van der Waals surface area contributed by atoms with Gasteiger partial charge in [-0.2, -0.15) is 0 Å². The molecule has 2 aromatic carbocycles. The Morgan fingerprint density at radius 2 is 1.81 bits per heavy atom. The molecule has 0 atom stereocenters. The number of imide groups is 1. The number of benzene rings is 2. The lowest BCUT2D eigenvalue weighted by molar-refractivity contribution is -0.146. The summed E-state index contributed by atoms with van der Waals surface area (Å²) in [5.74, 6) is -0.971. The van der Waals surface area contributed by atoms with Gasteiger partial charge in [0.1, 0.15) is 12.3 Å². The number of para-hydroxylation sites is 1. The van der Waals surface area contributed by atoms with E-state index in [2.05, 4.69) is 5.32 Å². The molecule has 0 saturated carbocycles. The first kappa shape index (κ1) is 23.1. The number of hydrogen-bond acceptors (Lipinski definition) is 7. The van der Waals surface area contributed by atoms with Gasteiger partial charge in [-0.1, -0.05) is 30.3 Å². The van der Waals surface area contributed by atoms with E-state index in [-0.39, 0.29) is 24.0 Å². The third kappa shape index (κ3) is 5.98. The lowest BCUT2D eigenvalue weighted by Gasteiger charge is -2.10. The topological polar surface area (TPSA) is 102 Å². The van der Waals surface area contributed by atoms with Crippen molar-refractivity contribution >= 4 is 46.5 Å². The van der Waals surface area contributed by atoms with Crippen molar-refractivity contribution in [1.29, 1.82) is 0 Å². The van der Waals surface area contributed by atoms with E-state index >= 15 is 0 Å². The normalized spacial score (nSPS) is 14.6. The summed E-state index contributed by atoms with van der Waals surface area (Å²) in [4.78, 5) is 49.2. The second-order valence-electron chi connectivity index (χ2n) is 6.79. The highest BCUT2D eigenvalue weighted by atomic mass is 32.2. The van der Waals surface area contributed by atoms with Gasteiger partial charge in [0.05, 0.1) is 11.5 Å². The quantitative estimate of drug-likeness (QED) is 0.480. The summed E-state index contributed by atoms with van der Waals surface area (Å²) in [5, 5.41) is 2.27. The summed E-state index contributed by atoms with van der Waals surface area (Å²) < 4.78 is 10.3. The third-order valence-electron chi connectivity index (χ3n) is 4.43. The highest BCUT2D eigenvalue weighted by Crippen LogP contribution is 2.32. The molecule has 1 N–H and O–H groups in total. The number of esters is 1. The van der Waals surface area contributed by atoms with E-state index in [1.165, 1.54) is 0 Å². The highest BCUT2D eigenvalue weighted by Gasteiger charge is 2.36. The van der Waals surface area contributed by atoms with Crippen molar-refractivity contribution in [2.75, 3.05) is 25.1 Å². The number of nitrogens with zero attached hydrogens (tertiary/aromatic N) is 1. The van der Waals surface area contributed by atoms with Crippen molar-refractivity contribution < 1.29 is 28.7 Å². The maximum atomic E-state index is 12.4. The molecule has 3 amide bonds. The van der Waals surface area contributed by atoms with Crippen molar-refractivity contribution in [2.24, 2.45) is 0 Å². The lowest BCUT2D eigenvalue weighted by atomic mass is 10.2. The number of hydrogen-bond donors (Lipinski definition) is 1. The van der Waals surface area contributed by atoms with E-state index in [1.54, 1.807) is 37.3 Å². The standard InChI is InChI=1S/C23H22N2O6S/c1-3-30-21(27)13-25-22(28)19(32-23(25)29)12-16-8-10-17(11-9-16)31-14-20(26)24-18-7-5-4-6-15(18)2/h4-12H,3,13-14H2,1-2H3,(H,24,26)/b19-12-. The minimum atomic E-state index is -0.635. The van der Waals surface area contributed by atoms with E-state index in [1.807, 2.05) is 31.2 Å². The number of carbonyl (C=O) groups excluding carboxylic acids is 4. The van der Waals surface area contributed by atoms with Gasteiger partial charge < -0.3 is 14.8 Å². The third-order valence-corrected chi connectivity index (χ3v) is 5.34. The maximum Gasteiger partial charge on any atom is 0.326 e. The summed E-state index contributed by atoms with van der Waals surface area (Å²) >= 11 is 0.764. The van der Waals surface area contributed by atoms with Crippen LogP contribution in [0.1, 0.15) is 18.1 Å². The first-order valence-electron chi connectivity index (χ1n) is 9.86. The molecule has 1 fully saturated rings. The smallest absolute Gasteiger partial charge is 0.326 e. The van der Waals surface area contributed by atoms with Gasteiger partial charge >= 0.3 is 5.97 Å². The Bertz CT molecular complexity index is 1060. The monoisotopic (exact) mass is 454 g/mol. The largest absolute Gasteiger partial charge is 0.484 e. The fourth-order valence-corrected chi connectivity index (χ4v) is 3.67. The molecule has 166 valence electrons. The van der Waals surface area contributed by atoms with E-state index in [4.69, 9.17) is 9.47 Å². The molecule has 0 unspecified atom stereocenters. The molecule has 2 aromatic rings. The highest BCUT2D eigenvalue weighted by molar-refractivity contribution is 8.18. The molecule has 0 aromatic heterocycles. The average Bonchev–Trinajstić information content (AvgIpc) is 3.02. The fraction of sp³-hybridized carbons (Fsp3) is 0.217. The molecule has 1 saturated heterocycles. The average molecular weight is 455 g/mol. The van der Waals surface area contributed by atoms with Gasteiger partial charge in [0, 0.05) is 5.69 Å². The summed E-state index contributed by atoms with van der Waals surface area (Å²) in [6, 6.07) is 14.2. The number of ether oxygens (including phenoxy) is 2. The van der Waals surface area contributed by atoms with Crippen LogP contribution in [0.4, 0.5) is 10.5 Å². The minimum Gasteiger partial charge on any atom is -0.484 e. The van der Waals surface area contributed by atoms with Crippen molar-refractivity contribution in [3.8, 4) is 5.75 Å². The summed E-state index contributed by atoms with van der Waals surface area (Å²) in [6.07, 6.45) is 1.56. The Morgan fingerprint density at radius 3 is 2.50 bits per heavy atom. The van der Waals surface area contributed by atoms with Gasteiger partial charge in [0.25, 0.3) is 17.1 Å². The second-order valence-corrected chi connectivity index (χ2v) is 7.79. The van der Waals surface area contributed by atoms with Crippen LogP contribution in [0.15, 0.2) is 53.4 Å². The van der Waals surface area contributed by atoms with E-state index in [0.29, 0.717) is 11.3 Å². The number of nitrogens with one attached hydrogen (secondary N) is 1. The summed E-state index contributed by atoms with van der Waals surface area (Å²) in [7, 11) is 0. The Hall–Kier alpha value is -3.59. The van der Waals surface area contributed by atoms with Crippen molar-refractivity contribution in [1.82, 2.24) is 4.90 Å². The first-order chi connectivity index (χ1) is 15.4. The number of rotatable bonds is 8. The second kappa shape index (κ2) is 10.6. The molecule has 1 aliphatic rings. The summed E-state index contributed by atoms with van der Waals surface area (Å²) in [5.41, 5.74) is 2.36. The number of thioether (sulfide) groups is 1. The van der Waals surface area contributed by atoms with Crippen LogP contribution in [-0.2, 0) is 19.1 Å². The van der Waals surface area contributed by atoms with Gasteiger partial charge in [-0.3, -0.25) is 24.1 Å². The molecule has 0 bridgehead atoms. The van der Waals surface area contributed by atoms with Gasteiger partial charge in [0.15, 0.2) is 6.61 Å². The minimum absolute atomic E-state index is 0.152.